The summed E-state index contributed by atoms with van der Waals surface area (Å²) in [7, 11) is 2.07. The predicted octanol–water partition coefficient (Wildman–Crippen LogP) is 2.20. The normalized spacial score (nSPS) is 27.2. The molecule has 1 saturated carbocycles. The lowest BCUT2D eigenvalue weighted by atomic mass is 9.56. The number of phenols is 1. The lowest BCUT2D eigenvalue weighted by Gasteiger charge is -2.54. The Balaban J connectivity index is 2.01. The quantitative estimate of drug-likeness (QED) is 0.704. The van der Waals surface area contributed by atoms with Crippen LogP contribution in [0.1, 0.15) is 43.7 Å². The Bertz CT molecular complexity index is 839. The maximum Gasteiger partial charge on any atom is 0.413 e. The molecule has 158 valence electrons. The van der Waals surface area contributed by atoms with Crippen LogP contribution in [0.3, 0.4) is 0 Å². The highest BCUT2D eigenvalue weighted by Crippen LogP contribution is 2.54. The van der Waals surface area contributed by atoms with E-state index in [2.05, 4.69) is 24.2 Å². The van der Waals surface area contributed by atoms with E-state index in [9.17, 15) is 19.5 Å². The van der Waals surface area contributed by atoms with Crippen molar-refractivity contribution < 1.29 is 29.3 Å². The summed E-state index contributed by atoms with van der Waals surface area (Å²) in [6.07, 6.45) is 1.43. The molecule has 3 N–H and O–H groups in total. The van der Waals surface area contributed by atoms with Gasteiger partial charge in [0.15, 0.2) is 11.5 Å². The molecule has 1 aliphatic carbocycles. The molecule has 1 aromatic rings. The topological polar surface area (TPSA) is 116 Å². The molecule has 2 aliphatic rings. The van der Waals surface area contributed by atoms with Gasteiger partial charge in [-0.05, 0) is 57.8 Å². The third kappa shape index (κ3) is 3.94. The SMILES string of the molecule is Cc1ccc(OC(=O)NCC(=O)O)c(O)c1C12CCN(C)C(C)C1CCC(=O)C2. The van der Waals surface area contributed by atoms with Crippen molar-refractivity contribution in [3.05, 3.63) is 23.3 Å². The number of carboxylic acid groups (broad SMARTS) is 1. The van der Waals surface area contributed by atoms with Gasteiger partial charge in [0.2, 0.25) is 0 Å². The average molecular weight is 404 g/mol. The van der Waals surface area contributed by atoms with E-state index in [4.69, 9.17) is 9.84 Å². The van der Waals surface area contributed by atoms with E-state index in [1.54, 1.807) is 6.07 Å². The molecule has 1 aliphatic heterocycles. The molecule has 3 unspecified atom stereocenters. The number of aryl methyl sites for hydroxylation is 1. The van der Waals surface area contributed by atoms with Crippen LogP contribution >= 0.6 is 0 Å². The van der Waals surface area contributed by atoms with Crippen molar-refractivity contribution in [2.24, 2.45) is 5.92 Å². The van der Waals surface area contributed by atoms with Crippen LogP contribution in [-0.4, -0.2) is 59.1 Å². The number of piperidine rings is 1. The summed E-state index contributed by atoms with van der Waals surface area (Å²) in [5.74, 6) is -1.00. The second-order valence-corrected chi connectivity index (χ2v) is 8.23. The Kier molecular flexibility index (Phi) is 5.84. The first-order chi connectivity index (χ1) is 13.7. The molecule has 8 nitrogen and oxygen atoms in total. The van der Waals surface area contributed by atoms with Crippen LogP contribution in [0, 0.1) is 12.8 Å². The number of ketones is 1. The fraction of sp³-hybridized carbons (Fsp3) is 0.571. The summed E-state index contributed by atoms with van der Waals surface area (Å²) in [5, 5.41) is 21.9. The zero-order valence-electron chi connectivity index (χ0n) is 17.0. The second kappa shape index (κ2) is 8.02. The number of hydrogen-bond donors (Lipinski definition) is 3. The molecule has 1 amide bonds. The number of amides is 1. The van der Waals surface area contributed by atoms with Gasteiger partial charge in [-0.3, -0.25) is 9.59 Å². The number of nitrogens with one attached hydrogen (secondary N) is 1. The Morgan fingerprint density at radius 3 is 2.79 bits per heavy atom. The van der Waals surface area contributed by atoms with Gasteiger partial charge in [-0.25, -0.2) is 4.79 Å². The van der Waals surface area contributed by atoms with Crippen LogP contribution in [0.15, 0.2) is 12.1 Å². The molecule has 2 fully saturated rings. The minimum absolute atomic E-state index is 0.0359. The third-order valence-corrected chi connectivity index (χ3v) is 6.58. The number of hydrogen-bond acceptors (Lipinski definition) is 6. The van der Waals surface area contributed by atoms with Crippen molar-refractivity contribution in [1.82, 2.24) is 10.2 Å². The summed E-state index contributed by atoms with van der Waals surface area (Å²) in [6, 6.07) is 3.51. The summed E-state index contributed by atoms with van der Waals surface area (Å²) >= 11 is 0. The molecular formula is C21H28N2O6. The summed E-state index contributed by atoms with van der Waals surface area (Å²) in [4.78, 5) is 37.3. The number of fused-ring (bicyclic) bond motifs is 1. The number of benzene rings is 1. The van der Waals surface area contributed by atoms with E-state index >= 15 is 0 Å². The van der Waals surface area contributed by atoms with Gasteiger partial charge in [-0.15, -0.1) is 0 Å². The van der Waals surface area contributed by atoms with Gasteiger partial charge >= 0.3 is 12.1 Å². The number of ether oxygens (including phenoxy) is 1. The minimum atomic E-state index is -1.20. The number of aliphatic carboxylic acids is 1. The monoisotopic (exact) mass is 404 g/mol. The van der Waals surface area contributed by atoms with Gasteiger partial charge in [0.05, 0.1) is 0 Å². The van der Waals surface area contributed by atoms with Crippen LogP contribution in [0.4, 0.5) is 4.79 Å². The van der Waals surface area contributed by atoms with Crippen LogP contribution in [0.5, 0.6) is 11.5 Å². The van der Waals surface area contributed by atoms with Gasteiger partial charge in [0, 0.05) is 29.9 Å². The smallest absolute Gasteiger partial charge is 0.413 e. The average Bonchev–Trinajstić information content (AvgIpc) is 2.65. The van der Waals surface area contributed by atoms with E-state index in [1.165, 1.54) is 6.07 Å². The first-order valence-corrected chi connectivity index (χ1v) is 9.88. The number of likely N-dealkylation sites (tertiary alicyclic amines) is 1. The highest BCUT2D eigenvalue weighted by Gasteiger charge is 2.52. The second-order valence-electron chi connectivity index (χ2n) is 8.23. The third-order valence-electron chi connectivity index (χ3n) is 6.58. The van der Waals surface area contributed by atoms with E-state index in [0.29, 0.717) is 18.4 Å². The lowest BCUT2D eigenvalue weighted by Crippen LogP contribution is -2.56. The van der Waals surface area contributed by atoms with E-state index < -0.39 is 24.0 Å². The summed E-state index contributed by atoms with van der Waals surface area (Å²) in [6.45, 7) is 4.26. The molecule has 1 saturated heterocycles. The molecule has 29 heavy (non-hydrogen) atoms. The molecule has 0 aromatic heterocycles. The molecule has 3 rings (SSSR count). The number of carboxylic acids is 1. The summed E-state index contributed by atoms with van der Waals surface area (Å²) < 4.78 is 5.17. The Hall–Kier alpha value is -2.61. The largest absolute Gasteiger partial charge is 0.504 e. The minimum Gasteiger partial charge on any atom is -0.504 e. The highest BCUT2D eigenvalue weighted by atomic mass is 16.6. The predicted molar refractivity (Wildman–Crippen MR) is 105 cm³/mol. The molecule has 1 aromatic carbocycles. The Labute approximate surface area is 169 Å². The number of nitrogens with zero attached hydrogens (tertiary/aromatic N) is 1. The Morgan fingerprint density at radius 2 is 2.10 bits per heavy atom. The van der Waals surface area contributed by atoms with Gasteiger partial charge in [0.1, 0.15) is 12.3 Å². The van der Waals surface area contributed by atoms with Crippen molar-refractivity contribution in [3.63, 3.8) is 0 Å². The zero-order valence-corrected chi connectivity index (χ0v) is 17.0. The van der Waals surface area contributed by atoms with E-state index in [-0.39, 0.29) is 29.2 Å². The number of aromatic hydroxyl groups is 1. The molecule has 0 radical (unpaired) electrons. The zero-order chi connectivity index (χ0) is 21.3. The fourth-order valence-corrected chi connectivity index (χ4v) is 5.09. The maximum atomic E-state index is 12.5. The summed E-state index contributed by atoms with van der Waals surface area (Å²) in [5.41, 5.74) is 1.00. The van der Waals surface area contributed by atoms with Crippen LogP contribution in [-0.2, 0) is 15.0 Å². The van der Waals surface area contributed by atoms with Crippen LogP contribution in [0.2, 0.25) is 0 Å². The van der Waals surface area contributed by atoms with Crippen LogP contribution < -0.4 is 10.1 Å². The van der Waals surface area contributed by atoms with Crippen molar-refractivity contribution in [2.45, 2.75) is 51.0 Å². The van der Waals surface area contributed by atoms with Gasteiger partial charge < -0.3 is 25.2 Å². The van der Waals surface area contributed by atoms with Gasteiger partial charge in [0.25, 0.3) is 0 Å². The molecule has 3 atom stereocenters. The number of carbonyl (C=O) groups excluding carboxylic acids is 2. The van der Waals surface area contributed by atoms with E-state index in [1.807, 2.05) is 6.92 Å². The highest BCUT2D eigenvalue weighted by molar-refractivity contribution is 5.82. The molecular weight excluding hydrogens is 376 g/mol. The lowest BCUT2D eigenvalue weighted by molar-refractivity contribution is -0.135. The first-order valence-electron chi connectivity index (χ1n) is 9.88. The number of phenolic OH excluding ortho intramolecular Hbond substituents is 1. The molecule has 0 spiro atoms. The molecule has 0 bridgehead atoms. The number of Topliss-reactive ketones (excluding diaryl/α,β-unsaturated/α-hetero) is 1. The molecule has 8 heteroatoms. The van der Waals surface area contributed by atoms with Crippen molar-refractivity contribution in [3.8, 4) is 11.5 Å². The van der Waals surface area contributed by atoms with Gasteiger partial charge in [-0.1, -0.05) is 6.07 Å². The fourth-order valence-electron chi connectivity index (χ4n) is 5.09. The van der Waals surface area contributed by atoms with Crippen molar-refractivity contribution in [2.75, 3.05) is 20.1 Å². The Morgan fingerprint density at radius 1 is 1.38 bits per heavy atom. The van der Waals surface area contributed by atoms with Gasteiger partial charge in [-0.2, -0.15) is 0 Å². The number of carbonyl (C=O) groups is 3. The van der Waals surface area contributed by atoms with Crippen molar-refractivity contribution in [1.29, 1.82) is 0 Å². The number of rotatable bonds is 4. The van der Waals surface area contributed by atoms with E-state index in [0.717, 1.165) is 24.9 Å². The van der Waals surface area contributed by atoms with Crippen LogP contribution in [0.25, 0.3) is 0 Å². The maximum absolute atomic E-state index is 12.5. The standard InChI is InChI=1S/C21H28N2O6/c1-12-4-7-16(29-20(28)22-11-17(25)26)19(27)18(12)21-8-9-23(3)13(2)15(21)6-5-14(24)10-21/h4,7,13,15,27H,5-6,8-11H2,1-3H3,(H,22,28)(H,25,26). The van der Waals surface area contributed by atoms with Crippen molar-refractivity contribution >= 4 is 17.8 Å². The molecule has 1 heterocycles. The first kappa shape index (κ1) is 21.1.